The average molecular weight is 361 g/mol. The summed E-state index contributed by atoms with van der Waals surface area (Å²) < 4.78 is 5.46. The monoisotopic (exact) mass is 360 g/mol. The maximum Gasteiger partial charge on any atom is 0.258 e. The van der Waals surface area contributed by atoms with Crippen LogP contribution in [0.4, 0.5) is 0 Å². The molecule has 5 nitrogen and oxygen atoms in total. The third kappa shape index (κ3) is 5.50. The predicted molar refractivity (Wildman–Crippen MR) is 97.7 cm³/mol. The van der Waals surface area contributed by atoms with Gasteiger partial charge in [0, 0.05) is 5.02 Å². The van der Waals surface area contributed by atoms with E-state index in [1.165, 1.54) is 12.1 Å². The first-order valence-corrected chi connectivity index (χ1v) is 8.45. The summed E-state index contributed by atoms with van der Waals surface area (Å²) >= 11 is 5.85. The molecule has 6 heteroatoms. The maximum absolute atomic E-state index is 12.2. The van der Waals surface area contributed by atoms with Gasteiger partial charge in [-0.3, -0.25) is 9.59 Å². The molecule has 0 bridgehead atoms. The molecule has 0 fully saturated rings. The summed E-state index contributed by atoms with van der Waals surface area (Å²) in [5, 5.41) is 3.33. The van der Waals surface area contributed by atoms with Crippen molar-refractivity contribution in [3.05, 3.63) is 64.7 Å². The summed E-state index contributed by atoms with van der Waals surface area (Å²) in [6.45, 7) is 1.85. The number of benzene rings is 2. The molecule has 3 N–H and O–H groups in total. The van der Waals surface area contributed by atoms with Crippen LogP contribution in [-0.4, -0.2) is 18.4 Å². The third-order valence-corrected chi connectivity index (χ3v) is 3.92. The predicted octanol–water partition coefficient (Wildman–Crippen LogP) is 3.48. The second-order valence-electron chi connectivity index (χ2n) is 5.61. The molecule has 1 atom stereocenters. The van der Waals surface area contributed by atoms with E-state index >= 15 is 0 Å². The number of hydrogen-bond acceptors (Lipinski definition) is 3. The van der Waals surface area contributed by atoms with Gasteiger partial charge in [0.15, 0.2) is 6.61 Å². The Labute approximate surface area is 152 Å². The van der Waals surface area contributed by atoms with E-state index < -0.39 is 5.91 Å². The number of carbonyl (C=O) groups excluding carboxylic acids is 2. The second-order valence-corrected chi connectivity index (χ2v) is 6.05. The van der Waals surface area contributed by atoms with Gasteiger partial charge >= 0.3 is 0 Å². The van der Waals surface area contributed by atoms with Crippen molar-refractivity contribution in [2.75, 3.05) is 6.61 Å². The Morgan fingerprint density at radius 3 is 2.56 bits per heavy atom. The van der Waals surface area contributed by atoms with E-state index in [2.05, 4.69) is 12.2 Å². The normalized spacial score (nSPS) is 11.6. The van der Waals surface area contributed by atoms with Gasteiger partial charge in [0.25, 0.3) is 11.8 Å². The first kappa shape index (κ1) is 18.8. The van der Waals surface area contributed by atoms with Gasteiger partial charge < -0.3 is 15.8 Å². The van der Waals surface area contributed by atoms with Crippen LogP contribution in [0, 0.1) is 0 Å². The first-order valence-electron chi connectivity index (χ1n) is 8.07. The standard InChI is InChI=1S/C19H21ClN2O3/c1-2-6-16(13-7-4-3-5-8-13)22-18(23)12-25-17-10-9-14(20)11-15(17)19(21)24/h3-5,7-11,16H,2,6,12H2,1H3,(H2,21,24)(H,22,23)/t16-/m0/s1. The van der Waals surface area contributed by atoms with Gasteiger partial charge in [-0.05, 0) is 30.2 Å². The molecule has 25 heavy (non-hydrogen) atoms. The van der Waals surface area contributed by atoms with Crippen molar-refractivity contribution in [2.24, 2.45) is 5.73 Å². The van der Waals surface area contributed by atoms with Crippen LogP contribution in [0.1, 0.15) is 41.7 Å². The Morgan fingerprint density at radius 2 is 1.92 bits per heavy atom. The highest BCUT2D eigenvalue weighted by molar-refractivity contribution is 6.31. The number of primary amides is 1. The maximum atomic E-state index is 12.2. The molecule has 0 saturated carbocycles. The summed E-state index contributed by atoms with van der Waals surface area (Å²) in [4.78, 5) is 23.7. The van der Waals surface area contributed by atoms with Crippen molar-refractivity contribution in [2.45, 2.75) is 25.8 Å². The van der Waals surface area contributed by atoms with Crippen molar-refractivity contribution in [1.29, 1.82) is 0 Å². The van der Waals surface area contributed by atoms with Crippen LogP contribution in [0.3, 0.4) is 0 Å². The van der Waals surface area contributed by atoms with E-state index in [1.54, 1.807) is 6.07 Å². The molecule has 0 aromatic heterocycles. The number of halogens is 1. The van der Waals surface area contributed by atoms with Crippen LogP contribution in [0.5, 0.6) is 5.75 Å². The Morgan fingerprint density at radius 1 is 1.20 bits per heavy atom. The van der Waals surface area contributed by atoms with Gasteiger partial charge in [-0.25, -0.2) is 0 Å². The summed E-state index contributed by atoms with van der Waals surface area (Å²) in [6.07, 6.45) is 1.76. The molecule has 2 amide bonds. The molecule has 2 rings (SSSR count). The highest BCUT2D eigenvalue weighted by Crippen LogP contribution is 2.23. The molecule has 2 aromatic carbocycles. The molecule has 0 unspecified atom stereocenters. The fourth-order valence-electron chi connectivity index (χ4n) is 2.50. The topological polar surface area (TPSA) is 81.4 Å². The van der Waals surface area contributed by atoms with Crippen molar-refractivity contribution in [3.8, 4) is 5.75 Å². The van der Waals surface area contributed by atoms with E-state index in [4.69, 9.17) is 22.1 Å². The molecular formula is C19H21ClN2O3. The zero-order valence-electron chi connectivity index (χ0n) is 14.0. The van der Waals surface area contributed by atoms with Crippen LogP contribution in [0.15, 0.2) is 48.5 Å². The zero-order chi connectivity index (χ0) is 18.2. The summed E-state index contributed by atoms with van der Waals surface area (Å²) in [5.74, 6) is -0.697. The minimum absolute atomic E-state index is 0.0804. The highest BCUT2D eigenvalue weighted by atomic mass is 35.5. The first-order chi connectivity index (χ1) is 12.0. The van der Waals surface area contributed by atoms with E-state index in [1.807, 2.05) is 30.3 Å². The lowest BCUT2D eigenvalue weighted by atomic mass is 10.0. The van der Waals surface area contributed by atoms with Gasteiger partial charge in [0.05, 0.1) is 11.6 Å². The van der Waals surface area contributed by atoms with Gasteiger partial charge in [-0.15, -0.1) is 0 Å². The number of amides is 2. The van der Waals surface area contributed by atoms with Crippen molar-refractivity contribution >= 4 is 23.4 Å². The van der Waals surface area contributed by atoms with Crippen LogP contribution in [0.25, 0.3) is 0 Å². The molecule has 0 radical (unpaired) electrons. The van der Waals surface area contributed by atoms with Crippen LogP contribution in [-0.2, 0) is 4.79 Å². The highest BCUT2D eigenvalue weighted by Gasteiger charge is 2.16. The van der Waals surface area contributed by atoms with Gasteiger partial charge in [0.2, 0.25) is 0 Å². The summed E-state index contributed by atoms with van der Waals surface area (Å²) in [5.41, 5.74) is 6.50. The van der Waals surface area contributed by atoms with Crippen LogP contribution < -0.4 is 15.8 Å². The summed E-state index contributed by atoms with van der Waals surface area (Å²) in [6, 6.07) is 14.2. The lowest BCUT2D eigenvalue weighted by molar-refractivity contribution is -0.123. The average Bonchev–Trinajstić information content (AvgIpc) is 2.61. The Bertz CT molecular complexity index is 735. The quantitative estimate of drug-likeness (QED) is 0.756. The third-order valence-electron chi connectivity index (χ3n) is 3.68. The lowest BCUT2D eigenvalue weighted by Crippen LogP contribution is -2.33. The number of hydrogen-bond donors (Lipinski definition) is 2. The minimum Gasteiger partial charge on any atom is -0.483 e. The minimum atomic E-state index is -0.661. The zero-order valence-corrected chi connectivity index (χ0v) is 14.8. The fraction of sp³-hybridized carbons (Fsp3) is 0.263. The number of ether oxygens (including phenoxy) is 1. The van der Waals surface area contributed by atoms with E-state index in [-0.39, 0.29) is 29.9 Å². The van der Waals surface area contributed by atoms with E-state index in [0.717, 1.165) is 18.4 Å². The van der Waals surface area contributed by atoms with E-state index in [0.29, 0.717) is 5.02 Å². The molecule has 2 aromatic rings. The van der Waals surface area contributed by atoms with Crippen molar-refractivity contribution in [3.63, 3.8) is 0 Å². The molecule has 0 spiro atoms. The summed E-state index contributed by atoms with van der Waals surface area (Å²) in [7, 11) is 0. The molecule has 0 heterocycles. The van der Waals surface area contributed by atoms with Gasteiger partial charge in [-0.1, -0.05) is 55.3 Å². The Balaban J connectivity index is 2.01. The smallest absolute Gasteiger partial charge is 0.258 e. The molecule has 132 valence electrons. The van der Waals surface area contributed by atoms with Crippen LogP contribution >= 0.6 is 11.6 Å². The largest absolute Gasteiger partial charge is 0.483 e. The molecule has 0 saturated heterocycles. The number of nitrogens with one attached hydrogen (secondary N) is 1. The van der Waals surface area contributed by atoms with Gasteiger partial charge in [-0.2, -0.15) is 0 Å². The molecule has 0 aliphatic rings. The molecule has 0 aliphatic heterocycles. The fourth-order valence-corrected chi connectivity index (χ4v) is 2.67. The Kier molecular flexibility index (Phi) is 6.83. The van der Waals surface area contributed by atoms with Crippen molar-refractivity contribution < 1.29 is 14.3 Å². The Hall–Kier alpha value is -2.53. The number of nitrogens with two attached hydrogens (primary N) is 1. The van der Waals surface area contributed by atoms with Gasteiger partial charge in [0.1, 0.15) is 5.75 Å². The lowest BCUT2D eigenvalue weighted by Gasteiger charge is -2.19. The number of carbonyl (C=O) groups is 2. The van der Waals surface area contributed by atoms with Crippen molar-refractivity contribution in [1.82, 2.24) is 5.32 Å². The van der Waals surface area contributed by atoms with Crippen LogP contribution in [0.2, 0.25) is 5.02 Å². The van der Waals surface area contributed by atoms with E-state index in [9.17, 15) is 9.59 Å². The molecular weight excluding hydrogens is 340 g/mol. The molecule has 0 aliphatic carbocycles. The number of rotatable bonds is 8. The second kappa shape index (κ2) is 9.08. The SMILES string of the molecule is CCC[C@H](NC(=O)COc1ccc(Cl)cc1C(N)=O)c1ccccc1.